The second kappa shape index (κ2) is 4.09. The van der Waals surface area contributed by atoms with Gasteiger partial charge < -0.3 is 14.6 Å². The van der Waals surface area contributed by atoms with Gasteiger partial charge in [0.1, 0.15) is 6.54 Å². The molecule has 2 aliphatic rings. The predicted octanol–water partition coefficient (Wildman–Crippen LogP) is 0.502. The van der Waals surface area contributed by atoms with Crippen molar-refractivity contribution < 1.29 is 9.90 Å². The molecule has 1 aromatic heterocycles. The molecule has 0 spiro atoms. The zero-order valence-corrected chi connectivity index (χ0v) is 10.6. The highest BCUT2D eigenvalue weighted by Gasteiger charge is 2.53. The zero-order valence-electron chi connectivity index (χ0n) is 10.6. The second-order valence-electron chi connectivity index (χ2n) is 5.68. The fraction of sp³-hybridized carbons (Fsp3) is 0.692. The molecule has 0 radical (unpaired) electrons. The molecule has 0 bridgehead atoms. The minimum atomic E-state index is -0.648. The number of rotatable bonds is 3. The topological polar surface area (TPSA) is 58.4 Å². The number of nitrogens with zero attached hydrogens (tertiary/aromatic N) is 3. The van der Waals surface area contributed by atoms with Gasteiger partial charge in [0.25, 0.3) is 0 Å². The Bertz CT molecular complexity index is 441. The molecule has 2 atom stereocenters. The van der Waals surface area contributed by atoms with Gasteiger partial charge in [-0.05, 0) is 18.8 Å². The van der Waals surface area contributed by atoms with Crippen LogP contribution in [-0.4, -0.2) is 44.2 Å². The van der Waals surface area contributed by atoms with Gasteiger partial charge in [-0.3, -0.25) is 4.79 Å². The van der Waals surface area contributed by atoms with Crippen molar-refractivity contribution in [2.75, 3.05) is 13.1 Å². The van der Waals surface area contributed by atoms with E-state index in [1.165, 1.54) is 0 Å². The van der Waals surface area contributed by atoms with Crippen LogP contribution in [0, 0.1) is 11.8 Å². The summed E-state index contributed by atoms with van der Waals surface area (Å²) < 4.78 is 1.77. The van der Waals surface area contributed by atoms with Crippen molar-refractivity contribution >= 4 is 5.91 Å². The van der Waals surface area contributed by atoms with Gasteiger partial charge in [-0.1, -0.05) is 6.92 Å². The number of amides is 1. The Morgan fingerprint density at radius 1 is 1.56 bits per heavy atom. The third-order valence-corrected chi connectivity index (χ3v) is 4.31. The maximum atomic E-state index is 12.2. The standard InChI is InChI=1S/C13H19N3O2/c1-10-6-16(8-13(10,18)11-2-3-11)12(17)7-15-5-4-14-9-15/h4-5,9-11,18H,2-3,6-8H2,1H3/t10-,13+/m1/s1. The Morgan fingerprint density at radius 2 is 2.33 bits per heavy atom. The van der Waals surface area contributed by atoms with Gasteiger partial charge in [0.15, 0.2) is 0 Å². The first-order valence-electron chi connectivity index (χ1n) is 6.55. The molecule has 5 heteroatoms. The molecule has 1 N–H and O–H groups in total. The highest BCUT2D eigenvalue weighted by Crippen LogP contribution is 2.46. The molecule has 1 aliphatic carbocycles. The third-order valence-electron chi connectivity index (χ3n) is 4.31. The van der Waals surface area contributed by atoms with E-state index in [0.717, 1.165) is 12.8 Å². The Hall–Kier alpha value is -1.36. The summed E-state index contributed by atoms with van der Waals surface area (Å²) in [5, 5.41) is 10.6. The van der Waals surface area contributed by atoms with E-state index in [1.54, 1.807) is 28.2 Å². The fourth-order valence-corrected chi connectivity index (χ4v) is 2.96. The lowest BCUT2D eigenvalue weighted by atomic mass is 9.88. The summed E-state index contributed by atoms with van der Waals surface area (Å²) in [7, 11) is 0. The molecule has 1 saturated heterocycles. The molecule has 1 saturated carbocycles. The van der Waals surface area contributed by atoms with Crippen LogP contribution in [0.3, 0.4) is 0 Å². The van der Waals surface area contributed by atoms with Crippen molar-refractivity contribution in [1.82, 2.24) is 14.5 Å². The van der Waals surface area contributed by atoms with E-state index in [1.807, 2.05) is 6.92 Å². The minimum Gasteiger partial charge on any atom is -0.387 e. The van der Waals surface area contributed by atoms with Crippen LogP contribution in [-0.2, 0) is 11.3 Å². The van der Waals surface area contributed by atoms with Crippen molar-refractivity contribution in [2.45, 2.75) is 31.9 Å². The number of imidazole rings is 1. The van der Waals surface area contributed by atoms with Crippen molar-refractivity contribution in [2.24, 2.45) is 11.8 Å². The van der Waals surface area contributed by atoms with Crippen LogP contribution in [0.25, 0.3) is 0 Å². The number of aliphatic hydroxyl groups is 1. The molecular formula is C13H19N3O2. The van der Waals surface area contributed by atoms with Crippen LogP contribution < -0.4 is 0 Å². The average molecular weight is 249 g/mol. The molecule has 2 fully saturated rings. The fourth-order valence-electron chi connectivity index (χ4n) is 2.96. The average Bonchev–Trinajstić information content (AvgIpc) is 3.00. The first kappa shape index (κ1) is 11.7. The van der Waals surface area contributed by atoms with E-state index in [2.05, 4.69) is 4.98 Å². The Kier molecular flexibility index (Phi) is 2.66. The Labute approximate surface area is 106 Å². The van der Waals surface area contributed by atoms with E-state index >= 15 is 0 Å². The van der Waals surface area contributed by atoms with Gasteiger partial charge in [0.2, 0.25) is 5.91 Å². The maximum absolute atomic E-state index is 12.2. The summed E-state index contributed by atoms with van der Waals surface area (Å²) in [6.07, 6.45) is 7.30. The quantitative estimate of drug-likeness (QED) is 0.848. The van der Waals surface area contributed by atoms with E-state index in [9.17, 15) is 9.90 Å². The normalized spacial score (nSPS) is 31.9. The summed E-state index contributed by atoms with van der Waals surface area (Å²) >= 11 is 0. The van der Waals surface area contributed by atoms with Crippen molar-refractivity contribution in [3.63, 3.8) is 0 Å². The smallest absolute Gasteiger partial charge is 0.242 e. The Morgan fingerprint density at radius 3 is 2.94 bits per heavy atom. The number of likely N-dealkylation sites (tertiary alicyclic amines) is 1. The van der Waals surface area contributed by atoms with Gasteiger partial charge in [-0.2, -0.15) is 0 Å². The predicted molar refractivity (Wildman–Crippen MR) is 65.6 cm³/mol. The molecule has 5 nitrogen and oxygen atoms in total. The number of β-amino-alcohol motifs (C(OH)–C–C–N with tert-alkyl or cyclic N) is 1. The van der Waals surface area contributed by atoms with Crippen LogP contribution in [0.1, 0.15) is 19.8 Å². The molecule has 1 amide bonds. The SMILES string of the molecule is C[C@@H]1CN(C(=O)Cn2ccnc2)C[C@@]1(O)C1CC1. The number of hydrogen-bond acceptors (Lipinski definition) is 3. The highest BCUT2D eigenvalue weighted by atomic mass is 16.3. The molecule has 0 aromatic carbocycles. The van der Waals surface area contributed by atoms with Crippen molar-refractivity contribution in [3.8, 4) is 0 Å². The van der Waals surface area contributed by atoms with Crippen LogP contribution in [0.15, 0.2) is 18.7 Å². The highest BCUT2D eigenvalue weighted by molar-refractivity contribution is 5.76. The molecule has 18 heavy (non-hydrogen) atoms. The molecule has 0 unspecified atom stereocenters. The maximum Gasteiger partial charge on any atom is 0.242 e. The van der Waals surface area contributed by atoms with Crippen LogP contribution in [0.5, 0.6) is 0 Å². The van der Waals surface area contributed by atoms with Gasteiger partial charge in [0, 0.05) is 24.9 Å². The van der Waals surface area contributed by atoms with Gasteiger partial charge in [0.05, 0.1) is 18.5 Å². The number of hydrogen-bond donors (Lipinski definition) is 1. The van der Waals surface area contributed by atoms with Crippen molar-refractivity contribution in [3.05, 3.63) is 18.7 Å². The first-order chi connectivity index (χ1) is 8.59. The van der Waals surface area contributed by atoms with E-state index < -0.39 is 5.60 Å². The summed E-state index contributed by atoms with van der Waals surface area (Å²) in [6.45, 7) is 3.52. The molecule has 1 aromatic rings. The number of carbonyl (C=O) groups is 1. The lowest BCUT2D eigenvalue weighted by Crippen LogP contribution is -2.41. The molecule has 2 heterocycles. The molecule has 1 aliphatic heterocycles. The molecule has 3 rings (SSSR count). The Balaban J connectivity index is 1.65. The number of aromatic nitrogens is 2. The second-order valence-corrected chi connectivity index (χ2v) is 5.68. The summed E-state index contributed by atoms with van der Waals surface area (Å²) in [4.78, 5) is 17.9. The van der Waals surface area contributed by atoms with Crippen LogP contribution in [0.4, 0.5) is 0 Å². The molecule has 98 valence electrons. The van der Waals surface area contributed by atoms with E-state index in [4.69, 9.17) is 0 Å². The van der Waals surface area contributed by atoms with E-state index in [-0.39, 0.29) is 11.8 Å². The lowest BCUT2D eigenvalue weighted by molar-refractivity contribution is -0.132. The summed E-state index contributed by atoms with van der Waals surface area (Å²) in [5.41, 5.74) is -0.648. The lowest BCUT2D eigenvalue weighted by Gasteiger charge is -2.26. The first-order valence-corrected chi connectivity index (χ1v) is 6.55. The summed E-state index contributed by atoms with van der Waals surface area (Å²) in [5.74, 6) is 0.645. The molecular weight excluding hydrogens is 230 g/mol. The van der Waals surface area contributed by atoms with E-state index in [0.29, 0.717) is 25.6 Å². The van der Waals surface area contributed by atoms with Gasteiger partial charge in [-0.25, -0.2) is 4.98 Å². The summed E-state index contributed by atoms with van der Waals surface area (Å²) in [6, 6.07) is 0. The van der Waals surface area contributed by atoms with Crippen LogP contribution >= 0.6 is 0 Å². The monoisotopic (exact) mass is 249 g/mol. The van der Waals surface area contributed by atoms with Crippen LogP contribution in [0.2, 0.25) is 0 Å². The van der Waals surface area contributed by atoms with Crippen molar-refractivity contribution in [1.29, 1.82) is 0 Å². The minimum absolute atomic E-state index is 0.0661. The van der Waals surface area contributed by atoms with Gasteiger partial charge >= 0.3 is 0 Å². The van der Waals surface area contributed by atoms with Gasteiger partial charge in [-0.15, -0.1) is 0 Å². The largest absolute Gasteiger partial charge is 0.387 e. The number of carbonyl (C=O) groups excluding carboxylic acids is 1. The zero-order chi connectivity index (χ0) is 12.8. The third kappa shape index (κ3) is 1.92.